The summed E-state index contributed by atoms with van der Waals surface area (Å²) in [5, 5.41) is 13.7. The number of alkyl halides is 3. The Bertz CT molecular complexity index is 720. The second-order valence-corrected chi connectivity index (χ2v) is 6.00. The first-order valence-corrected chi connectivity index (χ1v) is 7.76. The maximum Gasteiger partial charge on any atom is 0.416 e. The highest BCUT2D eigenvalue weighted by Crippen LogP contribution is 2.36. The van der Waals surface area contributed by atoms with Crippen molar-refractivity contribution >= 4 is 0 Å². The van der Waals surface area contributed by atoms with Crippen molar-refractivity contribution in [3.05, 3.63) is 47.1 Å². The van der Waals surface area contributed by atoms with Gasteiger partial charge < -0.3 is 14.4 Å². The van der Waals surface area contributed by atoms with Gasteiger partial charge in [-0.15, -0.1) is 0 Å². The zero-order valence-electron chi connectivity index (χ0n) is 13.5. The van der Waals surface area contributed by atoms with Crippen molar-refractivity contribution < 1.29 is 27.5 Å². The number of rotatable bonds is 5. The SMILES string of the molecule is COCc1noc(CN2CC(O)CC2c2cccc(C(F)(F)F)c2)n1. The van der Waals surface area contributed by atoms with Gasteiger partial charge in [-0.2, -0.15) is 18.2 Å². The Morgan fingerprint density at radius 2 is 2.20 bits per heavy atom. The molecular weight excluding hydrogens is 339 g/mol. The van der Waals surface area contributed by atoms with Crippen molar-refractivity contribution in [2.24, 2.45) is 0 Å². The molecule has 6 nitrogen and oxygen atoms in total. The van der Waals surface area contributed by atoms with Gasteiger partial charge in [-0.1, -0.05) is 17.3 Å². The molecule has 9 heteroatoms. The quantitative estimate of drug-likeness (QED) is 0.887. The smallest absolute Gasteiger partial charge is 0.392 e. The predicted molar refractivity (Wildman–Crippen MR) is 80.2 cm³/mol. The molecule has 2 aromatic rings. The first-order valence-electron chi connectivity index (χ1n) is 7.76. The summed E-state index contributed by atoms with van der Waals surface area (Å²) >= 11 is 0. The van der Waals surface area contributed by atoms with Crippen LogP contribution >= 0.6 is 0 Å². The van der Waals surface area contributed by atoms with E-state index in [-0.39, 0.29) is 19.2 Å². The van der Waals surface area contributed by atoms with Crippen LogP contribution in [0.1, 0.15) is 35.3 Å². The second kappa shape index (κ2) is 7.11. The van der Waals surface area contributed by atoms with Crippen LogP contribution in [-0.2, 0) is 24.1 Å². The Hall–Kier alpha value is -1.97. The topological polar surface area (TPSA) is 71.6 Å². The summed E-state index contributed by atoms with van der Waals surface area (Å²) in [5.74, 6) is 0.728. The van der Waals surface area contributed by atoms with Crippen LogP contribution in [0.25, 0.3) is 0 Å². The van der Waals surface area contributed by atoms with Crippen LogP contribution in [0.3, 0.4) is 0 Å². The van der Waals surface area contributed by atoms with Crippen molar-refractivity contribution in [2.75, 3.05) is 13.7 Å². The third-order valence-corrected chi connectivity index (χ3v) is 4.10. The molecule has 0 saturated carbocycles. The summed E-state index contributed by atoms with van der Waals surface area (Å²) in [6.07, 6.45) is -4.68. The number of aliphatic hydroxyl groups is 1. The average molecular weight is 357 g/mol. The minimum Gasteiger partial charge on any atom is -0.392 e. The Balaban J connectivity index is 1.79. The van der Waals surface area contributed by atoms with E-state index in [1.54, 1.807) is 6.07 Å². The number of halogens is 3. The van der Waals surface area contributed by atoms with E-state index in [0.717, 1.165) is 12.1 Å². The summed E-state index contributed by atoms with van der Waals surface area (Å²) in [6.45, 7) is 0.779. The molecule has 1 aliphatic heterocycles. The maximum atomic E-state index is 12.9. The lowest BCUT2D eigenvalue weighted by Gasteiger charge is -2.23. The van der Waals surface area contributed by atoms with Gasteiger partial charge in [0.15, 0.2) is 5.82 Å². The summed E-state index contributed by atoms with van der Waals surface area (Å²) in [6, 6.07) is 4.82. The van der Waals surface area contributed by atoms with Crippen molar-refractivity contribution in [1.29, 1.82) is 0 Å². The molecule has 0 bridgehead atoms. The normalized spacial score (nSPS) is 21.8. The van der Waals surface area contributed by atoms with Gasteiger partial charge in [0.05, 0.1) is 18.2 Å². The van der Waals surface area contributed by atoms with Crippen LogP contribution < -0.4 is 0 Å². The average Bonchev–Trinajstić information content (AvgIpc) is 3.14. The van der Waals surface area contributed by atoms with E-state index in [1.807, 2.05) is 4.90 Å². The fourth-order valence-electron chi connectivity index (χ4n) is 3.04. The predicted octanol–water partition coefficient (Wildman–Crippen LogP) is 2.54. The van der Waals surface area contributed by atoms with Crippen LogP contribution in [0.5, 0.6) is 0 Å². The number of ether oxygens (including phenoxy) is 1. The van der Waals surface area contributed by atoms with E-state index in [1.165, 1.54) is 13.2 Å². The Kier molecular flexibility index (Phi) is 5.07. The van der Waals surface area contributed by atoms with E-state index >= 15 is 0 Å². The van der Waals surface area contributed by atoms with Crippen molar-refractivity contribution in [3.63, 3.8) is 0 Å². The molecule has 1 aromatic carbocycles. The fourth-order valence-corrected chi connectivity index (χ4v) is 3.04. The number of aromatic nitrogens is 2. The highest BCUT2D eigenvalue weighted by molar-refractivity contribution is 5.29. The third kappa shape index (κ3) is 4.17. The second-order valence-electron chi connectivity index (χ2n) is 6.00. The van der Waals surface area contributed by atoms with Gasteiger partial charge in [-0.05, 0) is 24.1 Å². The van der Waals surface area contributed by atoms with E-state index in [0.29, 0.717) is 30.2 Å². The molecule has 1 saturated heterocycles. The molecule has 1 fully saturated rings. The van der Waals surface area contributed by atoms with E-state index in [2.05, 4.69) is 10.1 Å². The third-order valence-electron chi connectivity index (χ3n) is 4.10. The van der Waals surface area contributed by atoms with Gasteiger partial charge >= 0.3 is 6.18 Å². The number of nitrogens with zero attached hydrogens (tertiary/aromatic N) is 3. The van der Waals surface area contributed by atoms with Crippen molar-refractivity contribution in [1.82, 2.24) is 15.0 Å². The molecule has 1 aromatic heterocycles. The molecule has 1 N–H and O–H groups in total. The van der Waals surface area contributed by atoms with Gasteiger partial charge in [0.2, 0.25) is 5.89 Å². The molecule has 0 spiro atoms. The van der Waals surface area contributed by atoms with Crippen molar-refractivity contribution in [3.8, 4) is 0 Å². The number of hydrogen-bond acceptors (Lipinski definition) is 6. The van der Waals surface area contributed by atoms with Crippen LogP contribution in [0.4, 0.5) is 13.2 Å². The van der Waals surface area contributed by atoms with Gasteiger partial charge in [0.25, 0.3) is 0 Å². The molecule has 25 heavy (non-hydrogen) atoms. The molecule has 2 atom stereocenters. The molecule has 2 heterocycles. The van der Waals surface area contributed by atoms with Crippen LogP contribution in [-0.4, -0.2) is 39.9 Å². The number of aliphatic hydroxyl groups excluding tert-OH is 1. The Morgan fingerprint density at radius 1 is 1.40 bits per heavy atom. The van der Waals surface area contributed by atoms with E-state index < -0.39 is 17.8 Å². The highest BCUT2D eigenvalue weighted by Gasteiger charge is 2.35. The number of benzene rings is 1. The molecule has 0 amide bonds. The van der Waals surface area contributed by atoms with Gasteiger partial charge in [-0.3, -0.25) is 4.90 Å². The standard InChI is InChI=1S/C16H18F3N3O3/c1-24-9-14-20-15(25-21-14)8-22-7-12(23)6-13(22)10-3-2-4-11(5-10)16(17,18)19/h2-5,12-13,23H,6-9H2,1H3. The monoisotopic (exact) mass is 357 g/mol. The first kappa shape index (κ1) is 17.8. The Morgan fingerprint density at radius 3 is 2.92 bits per heavy atom. The van der Waals surface area contributed by atoms with E-state index in [4.69, 9.17) is 9.26 Å². The largest absolute Gasteiger partial charge is 0.416 e. The molecule has 1 aliphatic rings. The molecule has 0 radical (unpaired) electrons. The molecule has 0 aliphatic carbocycles. The minimum atomic E-state index is -4.40. The van der Waals surface area contributed by atoms with Gasteiger partial charge in [-0.25, -0.2) is 0 Å². The van der Waals surface area contributed by atoms with Crippen molar-refractivity contribution in [2.45, 2.75) is 37.9 Å². The highest BCUT2D eigenvalue weighted by atomic mass is 19.4. The fraction of sp³-hybridized carbons (Fsp3) is 0.500. The molecular formula is C16H18F3N3O3. The van der Waals surface area contributed by atoms with Crippen LogP contribution in [0.2, 0.25) is 0 Å². The molecule has 2 unspecified atom stereocenters. The lowest BCUT2D eigenvalue weighted by molar-refractivity contribution is -0.137. The summed E-state index contributed by atoms with van der Waals surface area (Å²) in [5.41, 5.74) is -0.200. The summed E-state index contributed by atoms with van der Waals surface area (Å²) in [4.78, 5) is 6.00. The number of hydrogen-bond donors (Lipinski definition) is 1. The lowest BCUT2D eigenvalue weighted by Crippen LogP contribution is -2.24. The zero-order valence-corrected chi connectivity index (χ0v) is 13.5. The Labute approximate surface area is 142 Å². The first-order chi connectivity index (χ1) is 11.9. The zero-order chi connectivity index (χ0) is 18.0. The van der Waals surface area contributed by atoms with Crippen LogP contribution in [0, 0.1) is 0 Å². The number of β-amino-alcohol motifs (C(OH)–C–C–N with tert-alkyl or cyclic N) is 1. The maximum absolute atomic E-state index is 12.9. The van der Waals surface area contributed by atoms with Gasteiger partial charge in [0.1, 0.15) is 6.61 Å². The van der Waals surface area contributed by atoms with E-state index in [9.17, 15) is 18.3 Å². The summed E-state index contributed by atoms with van der Waals surface area (Å²) in [7, 11) is 1.51. The van der Waals surface area contributed by atoms with Crippen LogP contribution in [0.15, 0.2) is 28.8 Å². The summed E-state index contributed by atoms with van der Waals surface area (Å²) < 4.78 is 48.9. The minimum absolute atomic E-state index is 0.211. The number of likely N-dealkylation sites (tertiary alicyclic amines) is 1. The lowest BCUT2D eigenvalue weighted by atomic mass is 10.0. The molecule has 3 rings (SSSR count). The van der Waals surface area contributed by atoms with Gasteiger partial charge in [0, 0.05) is 19.7 Å². The number of methoxy groups -OCH3 is 1. The molecule has 136 valence electrons.